The van der Waals surface area contributed by atoms with Gasteiger partial charge in [-0.3, -0.25) is 4.79 Å². The molecule has 0 aliphatic carbocycles. The van der Waals surface area contributed by atoms with Crippen LogP contribution in [0.5, 0.6) is 17.2 Å². The van der Waals surface area contributed by atoms with E-state index in [1.807, 2.05) is 13.8 Å². The molecule has 0 saturated heterocycles. The molecule has 1 aliphatic rings. The molecule has 0 unspecified atom stereocenters. The van der Waals surface area contributed by atoms with Gasteiger partial charge in [0.1, 0.15) is 0 Å². The number of amides is 1. The zero-order valence-electron chi connectivity index (χ0n) is 18.5. The maximum absolute atomic E-state index is 13.3. The second-order valence-corrected chi connectivity index (χ2v) is 8.94. The van der Waals surface area contributed by atoms with Crippen LogP contribution >= 0.6 is 0 Å². The predicted octanol–water partition coefficient (Wildman–Crippen LogP) is 2.95. The molecule has 0 fully saturated rings. The number of carbonyl (C=O) groups is 1. The van der Waals surface area contributed by atoms with Gasteiger partial charge in [0.2, 0.25) is 15.8 Å². The third kappa shape index (κ3) is 4.07. The van der Waals surface area contributed by atoms with Crippen molar-refractivity contribution in [2.45, 2.75) is 25.2 Å². The smallest absolute Gasteiger partial charge is 0.258 e. The first kappa shape index (κ1) is 22.9. The Morgan fingerprint density at radius 1 is 1.00 bits per heavy atom. The fraction of sp³-hybridized carbons (Fsp3) is 0.409. The predicted molar refractivity (Wildman–Crippen MR) is 118 cm³/mol. The first-order valence-corrected chi connectivity index (χ1v) is 11.5. The summed E-state index contributed by atoms with van der Waals surface area (Å²) in [7, 11) is 0.936. The summed E-state index contributed by atoms with van der Waals surface area (Å²) in [5.41, 5.74) is 1.92. The average Bonchev–Trinajstić information content (AvgIpc) is 3.21. The number of methoxy groups -OCH3 is 3. The number of hydrogen-bond acceptors (Lipinski definition) is 6. The van der Waals surface area contributed by atoms with Gasteiger partial charge in [-0.2, -0.15) is 4.31 Å². The molecule has 0 aromatic heterocycles. The van der Waals surface area contributed by atoms with Gasteiger partial charge >= 0.3 is 0 Å². The van der Waals surface area contributed by atoms with Crippen molar-refractivity contribution in [3.8, 4) is 17.2 Å². The molecule has 0 saturated carbocycles. The topological polar surface area (TPSA) is 85.4 Å². The maximum atomic E-state index is 13.3. The van der Waals surface area contributed by atoms with Crippen LogP contribution in [0.1, 0.15) is 29.8 Å². The van der Waals surface area contributed by atoms with Crippen LogP contribution in [0.25, 0.3) is 0 Å². The van der Waals surface area contributed by atoms with Gasteiger partial charge in [0.15, 0.2) is 11.5 Å². The van der Waals surface area contributed by atoms with Crippen molar-refractivity contribution in [3.63, 3.8) is 0 Å². The van der Waals surface area contributed by atoms with Crippen molar-refractivity contribution in [1.29, 1.82) is 0 Å². The van der Waals surface area contributed by atoms with Crippen LogP contribution < -0.4 is 19.1 Å². The lowest BCUT2D eigenvalue weighted by molar-refractivity contribution is 0.0988. The summed E-state index contributed by atoms with van der Waals surface area (Å²) in [5, 5.41) is 0. The number of sulfonamides is 1. The van der Waals surface area contributed by atoms with E-state index in [2.05, 4.69) is 0 Å². The van der Waals surface area contributed by atoms with Gasteiger partial charge in [-0.1, -0.05) is 13.8 Å². The minimum atomic E-state index is -3.56. The molecule has 9 heteroatoms. The van der Waals surface area contributed by atoms with Crippen LogP contribution in [-0.4, -0.2) is 59.6 Å². The first-order valence-electron chi connectivity index (χ1n) is 10.1. The Balaban J connectivity index is 1.96. The van der Waals surface area contributed by atoms with E-state index in [0.29, 0.717) is 54.6 Å². The van der Waals surface area contributed by atoms with Crippen molar-refractivity contribution in [1.82, 2.24) is 4.31 Å². The van der Waals surface area contributed by atoms with Gasteiger partial charge in [-0.25, -0.2) is 8.42 Å². The highest BCUT2D eigenvalue weighted by Crippen LogP contribution is 2.39. The van der Waals surface area contributed by atoms with Crippen LogP contribution in [0.3, 0.4) is 0 Å². The van der Waals surface area contributed by atoms with E-state index in [9.17, 15) is 13.2 Å². The van der Waals surface area contributed by atoms with Crippen molar-refractivity contribution in [3.05, 3.63) is 41.5 Å². The van der Waals surface area contributed by atoms with E-state index in [1.54, 1.807) is 35.2 Å². The fourth-order valence-corrected chi connectivity index (χ4v) is 5.33. The number of carbonyl (C=O) groups excluding carboxylic acids is 1. The third-order valence-electron chi connectivity index (χ3n) is 5.45. The maximum Gasteiger partial charge on any atom is 0.258 e. The van der Waals surface area contributed by atoms with Gasteiger partial charge in [0, 0.05) is 30.9 Å². The zero-order chi connectivity index (χ0) is 22.8. The van der Waals surface area contributed by atoms with Gasteiger partial charge < -0.3 is 19.1 Å². The lowest BCUT2D eigenvalue weighted by Crippen LogP contribution is -2.30. The Morgan fingerprint density at radius 3 is 2.13 bits per heavy atom. The second kappa shape index (κ2) is 9.15. The number of ether oxygens (including phenoxy) is 3. The van der Waals surface area contributed by atoms with Crippen molar-refractivity contribution in [2.24, 2.45) is 0 Å². The summed E-state index contributed by atoms with van der Waals surface area (Å²) in [6.07, 6.45) is 0.576. The van der Waals surface area contributed by atoms with E-state index in [-0.39, 0.29) is 10.8 Å². The molecule has 0 spiro atoms. The molecular weight excluding hydrogens is 420 g/mol. The number of anilines is 1. The molecule has 0 N–H and O–H groups in total. The van der Waals surface area contributed by atoms with Gasteiger partial charge in [-0.15, -0.1) is 0 Å². The molecule has 2 aromatic carbocycles. The Morgan fingerprint density at radius 2 is 1.61 bits per heavy atom. The standard InChI is InChI=1S/C22H28N2O6S/c1-6-23(7-2)31(26,27)17-8-9-18-15(12-17)10-11-24(18)22(25)16-13-19(28-3)21(30-5)20(14-16)29-4/h8-9,12-14H,6-7,10-11H2,1-5H3. The average molecular weight is 449 g/mol. The molecule has 0 radical (unpaired) electrons. The Labute approximate surface area is 183 Å². The molecule has 3 rings (SSSR count). The lowest BCUT2D eigenvalue weighted by Gasteiger charge is -2.21. The van der Waals surface area contributed by atoms with E-state index >= 15 is 0 Å². The van der Waals surface area contributed by atoms with Crippen molar-refractivity contribution < 1.29 is 27.4 Å². The number of fused-ring (bicyclic) bond motifs is 1. The van der Waals surface area contributed by atoms with Crippen molar-refractivity contribution in [2.75, 3.05) is 45.9 Å². The number of nitrogens with zero attached hydrogens (tertiary/aromatic N) is 2. The molecular formula is C22H28N2O6S. The van der Waals surface area contributed by atoms with Crippen LogP contribution in [-0.2, 0) is 16.4 Å². The Bertz CT molecular complexity index is 1050. The van der Waals surface area contributed by atoms with Crippen LogP contribution in [0.2, 0.25) is 0 Å². The highest BCUT2D eigenvalue weighted by atomic mass is 32.2. The summed E-state index contributed by atoms with van der Waals surface area (Å²) in [6, 6.07) is 8.16. The number of hydrogen-bond donors (Lipinski definition) is 0. The second-order valence-electron chi connectivity index (χ2n) is 7.00. The summed E-state index contributed by atoms with van der Waals surface area (Å²) in [6.45, 7) is 4.89. The summed E-state index contributed by atoms with van der Waals surface area (Å²) < 4.78 is 43.1. The molecule has 8 nitrogen and oxygen atoms in total. The largest absolute Gasteiger partial charge is 0.493 e. The van der Waals surface area contributed by atoms with E-state index < -0.39 is 10.0 Å². The normalized spacial score (nSPS) is 13.3. The van der Waals surface area contributed by atoms with Crippen LogP contribution in [0.4, 0.5) is 5.69 Å². The number of benzene rings is 2. The highest BCUT2D eigenvalue weighted by molar-refractivity contribution is 7.89. The van der Waals surface area contributed by atoms with Crippen LogP contribution in [0.15, 0.2) is 35.2 Å². The fourth-order valence-electron chi connectivity index (χ4n) is 3.82. The summed E-state index contributed by atoms with van der Waals surface area (Å²) in [4.78, 5) is 15.2. The first-order chi connectivity index (χ1) is 14.8. The van der Waals surface area contributed by atoms with Gasteiger partial charge in [0.05, 0.1) is 26.2 Å². The number of rotatable bonds is 8. The van der Waals surface area contributed by atoms with Gasteiger partial charge in [-0.05, 0) is 42.3 Å². The third-order valence-corrected chi connectivity index (χ3v) is 7.49. The van der Waals surface area contributed by atoms with Crippen LogP contribution in [0, 0.1) is 0 Å². The van der Waals surface area contributed by atoms with E-state index in [0.717, 1.165) is 5.56 Å². The molecule has 0 bridgehead atoms. The van der Waals surface area contributed by atoms with Gasteiger partial charge in [0.25, 0.3) is 5.91 Å². The summed E-state index contributed by atoms with van der Waals surface area (Å²) in [5.74, 6) is 0.975. The van der Waals surface area contributed by atoms with E-state index in [1.165, 1.54) is 25.6 Å². The molecule has 1 amide bonds. The molecule has 2 aromatic rings. The monoisotopic (exact) mass is 448 g/mol. The molecule has 0 atom stereocenters. The molecule has 168 valence electrons. The lowest BCUT2D eigenvalue weighted by atomic mass is 10.1. The minimum absolute atomic E-state index is 0.225. The van der Waals surface area contributed by atoms with E-state index in [4.69, 9.17) is 14.2 Å². The highest BCUT2D eigenvalue weighted by Gasteiger charge is 2.30. The molecule has 31 heavy (non-hydrogen) atoms. The molecule has 1 heterocycles. The Hall–Kier alpha value is -2.78. The zero-order valence-corrected chi connectivity index (χ0v) is 19.3. The van der Waals surface area contributed by atoms with Crippen molar-refractivity contribution >= 4 is 21.6 Å². The quantitative estimate of drug-likeness (QED) is 0.617. The minimum Gasteiger partial charge on any atom is -0.493 e. The molecule has 1 aliphatic heterocycles. The summed E-state index contributed by atoms with van der Waals surface area (Å²) >= 11 is 0. The SMILES string of the molecule is CCN(CC)S(=O)(=O)c1ccc2c(c1)CCN2C(=O)c1cc(OC)c(OC)c(OC)c1. The Kier molecular flexibility index (Phi) is 6.76.